The molecule has 1 atom stereocenters. The molecule has 0 fully saturated rings. The summed E-state index contributed by atoms with van der Waals surface area (Å²) < 4.78 is 13.3. The zero-order chi connectivity index (χ0) is 18.8. The van der Waals surface area contributed by atoms with E-state index in [1.807, 2.05) is 23.1 Å². The second kappa shape index (κ2) is 6.90. The summed E-state index contributed by atoms with van der Waals surface area (Å²) in [4.78, 5) is 6.21. The van der Waals surface area contributed by atoms with Crippen LogP contribution in [0.5, 0.6) is 0 Å². The van der Waals surface area contributed by atoms with Crippen molar-refractivity contribution in [2.75, 3.05) is 4.90 Å². The normalized spacial score (nSPS) is 16.2. The first kappa shape index (κ1) is 16.8. The first-order chi connectivity index (χ1) is 13.2. The molecule has 2 aromatic carbocycles. The van der Waals surface area contributed by atoms with Crippen molar-refractivity contribution in [2.24, 2.45) is 0 Å². The third kappa shape index (κ3) is 3.12. The Kier molecular flexibility index (Phi) is 4.29. The lowest BCUT2D eigenvalue weighted by molar-refractivity contribution is -0.0575. The van der Waals surface area contributed by atoms with Crippen LogP contribution in [0.1, 0.15) is 22.9 Å². The van der Waals surface area contributed by atoms with Crippen molar-refractivity contribution in [1.82, 2.24) is 10.0 Å². The number of nitriles is 1. The van der Waals surface area contributed by atoms with Crippen LogP contribution < -0.4 is 4.90 Å². The number of halogens is 1. The highest BCUT2D eigenvalue weighted by molar-refractivity contribution is 5.71. The molecule has 0 radical (unpaired) electrons. The Bertz CT molecular complexity index is 1010. The summed E-state index contributed by atoms with van der Waals surface area (Å²) >= 11 is 0. The molecule has 0 spiro atoms. The molecule has 0 aliphatic carbocycles. The van der Waals surface area contributed by atoms with E-state index in [2.05, 4.69) is 11.1 Å². The number of aromatic nitrogens is 1. The van der Waals surface area contributed by atoms with Gasteiger partial charge >= 0.3 is 0 Å². The van der Waals surface area contributed by atoms with Crippen molar-refractivity contribution in [2.45, 2.75) is 6.17 Å². The van der Waals surface area contributed by atoms with Gasteiger partial charge in [0.05, 0.1) is 17.3 Å². The van der Waals surface area contributed by atoms with Crippen LogP contribution in [0.25, 0.3) is 5.70 Å². The molecule has 4 rings (SSSR count). The van der Waals surface area contributed by atoms with Gasteiger partial charge in [0.25, 0.3) is 0 Å². The lowest BCUT2D eigenvalue weighted by Gasteiger charge is -2.29. The van der Waals surface area contributed by atoms with Crippen LogP contribution in [-0.2, 0) is 0 Å². The smallest absolute Gasteiger partial charge is 0.158 e. The molecular formula is C21H15FN4O. The van der Waals surface area contributed by atoms with E-state index >= 15 is 0 Å². The van der Waals surface area contributed by atoms with E-state index in [1.165, 1.54) is 12.1 Å². The standard InChI is InChI=1S/C21H15FN4O/c22-18-10-8-16(9-11-18)19-14-25(20-3-1-2-12-24-20)21(26(19)27)17-6-4-15(13-23)5-7-17/h1-12,14,21,27H. The van der Waals surface area contributed by atoms with Gasteiger partial charge in [-0.25, -0.2) is 14.4 Å². The fourth-order valence-corrected chi connectivity index (χ4v) is 3.07. The summed E-state index contributed by atoms with van der Waals surface area (Å²) in [6.07, 6.45) is 2.89. The van der Waals surface area contributed by atoms with Gasteiger partial charge in [-0.3, -0.25) is 5.21 Å². The van der Waals surface area contributed by atoms with Crippen LogP contribution >= 0.6 is 0 Å². The van der Waals surface area contributed by atoms with Crippen LogP contribution in [0.4, 0.5) is 10.2 Å². The van der Waals surface area contributed by atoms with Crippen LogP contribution in [0.15, 0.2) is 79.1 Å². The van der Waals surface area contributed by atoms with Gasteiger partial charge < -0.3 is 4.90 Å². The van der Waals surface area contributed by atoms with Crippen molar-refractivity contribution in [3.8, 4) is 6.07 Å². The van der Waals surface area contributed by atoms with Crippen molar-refractivity contribution < 1.29 is 9.60 Å². The molecule has 132 valence electrons. The second-order valence-electron chi connectivity index (χ2n) is 6.07. The van der Waals surface area contributed by atoms with Gasteiger partial charge in [-0.05, 0) is 54.1 Å². The summed E-state index contributed by atoms with van der Waals surface area (Å²) in [5.41, 5.74) is 2.53. The van der Waals surface area contributed by atoms with Gasteiger partial charge in [0.1, 0.15) is 11.6 Å². The summed E-state index contributed by atoms with van der Waals surface area (Å²) in [5.74, 6) is 0.315. The molecule has 1 N–H and O–H groups in total. The number of benzene rings is 2. The number of hydrogen-bond acceptors (Lipinski definition) is 5. The maximum Gasteiger partial charge on any atom is 0.158 e. The minimum Gasteiger partial charge on any atom is -0.304 e. The number of anilines is 1. The number of hydroxylamine groups is 2. The van der Waals surface area contributed by atoms with Gasteiger partial charge in [0.15, 0.2) is 6.17 Å². The fourth-order valence-electron chi connectivity index (χ4n) is 3.07. The van der Waals surface area contributed by atoms with E-state index in [9.17, 15) is 9.60 Å². The molecule has 0 saturated heterocycles. The summed E-state index contributed by atoms with van der Waals surface area (Å²) in [6, 6.07) is 20.5. The molecule has 0 saturated carbocycles. The lowest BCUT2D eigenvalue weighted by Crippen LogP contribution is -2.30. The van der Waals surface area contributed by atoms with E-state index in [1.54, 1.807) is 48.8 Å². The maximum atomic E-state index is 13.3. The van der Waals surface area contributed by atoms with Gasteiger partial charge in [-0.2, -0.15) is 5.26 Å². The average Bonchev–Trinajstić information content (AvgIpc) is 3.06. The van der Waals surface area contributed by atoms with E-state index < -0.39 is 6.17 Å². The van der Waals surface area contributed by atoms with Gasteiger partial charge in [-0.15, -0.1) is 0 Å². The molecule has 1 unspecified atom stereocenters. The van der Waals surface area contributed by atoms with Crippen molar-refractivity contribution in [3.63, 3.8) is 0 Å². The van der Waals surface area contributed by atoms with E-state index in [-0.39, 0.29) is 5.82 Å². The van der Waals surface area contributed by atoms with Crippen LogP contribution in [-0.4, -0.2) is 15.3 Å². The maximum absolute atomic E-state index is 13.3. The van der Waals surface area contributed by atoms with Crippen molar-refractivity contribution in [1.29, 1.82) is 5.26 Å². The summed E-state index contributed by atoms with van der Waals surface area (Å²) in [5, 5.41) is 21.1. The first-order valence-corrected chi connectivity index (χ1v) is 8.32. The molecule has 6 heteroatoms. The Morgan fingerprint density at radius 1 is 1.00 bits per heavy atom. The molecule has 3 aromatic rings. The Morgan fingerprint density at radius 2 is 1.74 bits per heavy atom. The third-order valence-corrected chi connectivity index (χ3v) is 4.40. The zero-order valence-electron chi connectivity index (χ0n) is 14.2. The van der Waals surface area contributed by atoms with E-state index in [4.69, 9.17) is 5.26 Å². The Hall–Kier alpha value is -3.69. The molecule has 0 bridgehead atoms. The highest BCUT2D eigenvalue weighted by Gasteiger charge is 2.35. The Labute approximate surface area is 155 Å². The minimum atomic E-state index is -0.562. The largest absolute Gasteiger partial charge is 0.304 e. The Balaban J connectivity index is 1.79. The fraction of sp³-hybridized carbons (Fsp3) is 0.0476. The molecule has 27 heavy (non-hydrogen) atoms. The predicted octanol–water partition coefficient (Wildman–Crippen LogP) is 4.30. The number of nitrogens with zero attached hydrogens (tertiary/aromatic N) is 4. The predicted molar refractivity (Wildman–Crippen MR) is 98.6 cm³/mol. The number of pyridine rings is 1. The second-order valence-corrected chi connectivity index (χ2v) is 6.07. The topological polar surface area (TPSA) is 63.4 Å². The van der Waals surface area contributed by atoms with E-state index in [0.717, 1.165) is 10.6 Å². The van der Waals surface area contributed by atoms with Gasteiger partial charge in [0, 0.05) is 18.0 Å². The molecule has 2 heterocycles. The van der Waals surface area contributed by atoms with E-state index in [0.29, 0.717) is 22.6 Å². The highest BCUT2D eigenvalue weighted by Crippen LogP contribution is 2.40. The molecule has 5 nitrogen and oxygen atoms in total. The number of hydrogen-bond donors (Lipinski definition) is 1. The van der Waals surface area contributed by atoms with Gasteiger partial charge in [0.2, 0.25) is 0 Å². The highest BCUT2D eigenvalue weighted by atomic mass is 19.1. The monoisotopic (exact) mass is 358 g/mol. The van der Waals surface area contributed by atoms with Gasteiger partial charge in [-0.1, -0.05) is 18.2 Å². The lowest BCUT2D eigenvalue weighted by atomic mass is 10.1. The molecule has 1 aliphatic rings. The molecule has 1 aliphatic heterocycles. The number of rotatable bonds is 3. The van der Waals surface area contributed by atoms with Crippen molar-refractivity contribution in [3.05, 3.63) is 102 Å². The third-order valence-electron chi connectivity index (χ3n) is 4.40. The minimum absolute atomic E-state index is 0.341. The first-order valence-electron chi connectivity index (χ1n) is 8.32. The summed E-state index contributed by atoms with van der Waals surface area (Å²) in [6.45, 7) is 0. The summed E-state index contributed by atoms with van der Waals surface area (Å²) in [7, 11) is 0. The molecular weight excluding hydrogens is 343 g/mol. The van der Waals surface area contributed by atoms with Crippen LogP contribution in [0.3, 0.4) is 0 Å². The SMILES string of the molecule is N#Cc1ccc(C2N(O)C(c3ccc(F)cc3)=CN2c2ccccn2)cc1. The molecule has 1 aromatic heterocycles. The van der Waals surface area contributed by atoms with Crippen LogP contribution in [0, 0.1) is 17.1 Å². The van der Waals surface area contributed by atoms with Crippen LogP contribution in [0.2, 0.25) is 0 Å². The van der Waals surface area contributed by atoms with Crippen molar-refractivity contribution >= 4 is 11.5 Å². The molecule has 0 amide bonds. The Morgan fingerprint density at radius 3 is 2.37 bits per heavy atom. The average molecular weight is 358 g/mol. The zero-order valence-corrected chi connectivity index (χ0v) is 14.2. The quantitative estimate of drug-likeness (QED) is 0.756.